The van der Waals surface area contributed by atoms with Gasteiger partial charge in [-0.25, -0.2) is 8.42 Å². The van der Waals surface area contributed by atoms with E-state index in [1.54, 1.807) is 11.8 Å². The third kappa shape index (κ3) is 4.02. The van der Waals surface area contributed by atoms with Crippen molar-refractivity contribution < 1.29 is 13.2 Å². The van der Waals surface area contributed by atoms with Crippen LogP contribution in [0.5, 0.6) is 0 Å². The minimum absolute atomic E-state index is 0.0691. The standard InChI is InChI=1S/C13H20N2O3S2/c1-19-8-4-12(15-6-2-3-7-15)13(16)14-11-5-9-20(17,18)10-11/h2-3,6-7,11-12H,4-5,8-10H2,1H3,(H,14,16)/t11-,12+/m0/s1. The number of carbonyl (C=O) groups is 1. The molecule has 0 radical (unpaired) electrons. The molecule has 1 fully saturated rings. The van der Waals surface area contributed by atoms with Crippen LogP contribution in [-0.2, 0) is 14.6 Å². The Labute approximate surface area is 124 Å². The van der Waals surface area contributed by atoms with Crippen molar-refractivity contribution in [1.82, 2.24) is 9.88 Å². The molecule has 1 amide bonds. The quantitative estimate of drug-likeness (QED) is 0.853. The predicted molar refractivity (Wildman–Crippen MR) is 81.7 cm³/mol. The van der Waals surface area contributed by atoms with Gasteiger partial charge in [0.2, 0.25) is 5.91 Å². The highest BCUT2D eigenvalue weighted by Gasteiger charge is 2.30. The summed E-state index contributed by atoms with van der Waals surface area (Å²) in [7, 11) is -2.96. The third-order valence-corrected chi connectivity index (χ3v) is 5.88. The van der Waals surface area contributed by atoms with E-state index in [9.17, 15) is 13.2 Å². The lowest BCUT2D eigenvalue weighted by atomic mass is 10.2. The van der Waals surface area contributed by atoms with Gasteiger partial charge >= 0.3 is 0 Å². The first kappa shape index (κ1) is 15.4. The molecule has 1 aromatic heterocycles. The maximum atomic E-state index is 12.4. The number of rotatable bonds is 6. The molecule has 0 bridgehead atoms. The minimum Gasteiger partial charge on any atom is -0.351 e. The van der Waals surface area contributed by atoms with Crippen LogP contribution >= 0.6 is 11.8 Å². The van der Waals surface area contributed by atoms with Crippen LogP contribution in [0.2, 0.25) is 0 Å². The molecule has 7 heteroatoms. The maximum absolute atomic E-state index is 12.4. The second-order valence-corrected chi connectivity index (χ2v) is 8.25. The smallest absolute Gasteiger partial charge is 0.243 e. The summed E-state index contributed by atoms with van der Waals surface area (Å²) in [5.74, 6) is 1.05. The van der Waals surface area contributed by atoms with E-state index in [1.165, 1.54) is 0 Å². The summed E-state index contributed by atoms with van der Waals surface area (Å²) in [5.41, 5.74) is 0. The van der Waals surface area contributed by atoms with Gasteiger partial charge in [0.15, 0.2) is 9.84 Å². The zero-order valence-corrected chi connectivity index (χ0v) is 13.1. The Hall–Kier alpha value is -0.950. The molecule has 2 heterocycles. The van der Waals surface area contributed by atoms with Crippen LogP contribution in [0.25, 0.3) is 0 Å². The first-order valence-electron chi connectivity index (χ1n) is 6.64. The van der Waals surface area contributed by atoms with Crippen LogP contribution in [0, 0.1) is 0 Å². The summed E-state index contributed by atoms with van der Waals surface area (Å²) >= 11 is 1.70. The van der Waals surface area contributed by atoms with Crippen molar-refractivity contribution >= 4 is 27.5 Å². The van der Waals surface area contributed by atoms with Crippen LogP contribution < -0.4 is 5.32 Å². The van der Waals surface area contributed by atoms with Gasteiger partial charge < -0.3 is 9.88 Å². The Bertz CT molecular complexity index is 540. The molecule has 1 aromatic rings. The van der Waals surface area contributed by atoms with E-state index in [0.717, 1.165) is 12.2 Å². The normalized spacial score (nSPS) is 22.6. The molecule has 2 rings (SSSR count). The lowest BCUT2D eigenvalue weighted by molar-refractivity contribution is -0.125. The zero-order chi connectivity index (χ0) is 14.6. The summed E-state index contributed by atoms with van der Waals surface area (Å²) in [6.45, 7) is 0. The number of hydrogen-bond donors (Lipinski definition) is 1. The van der Waals surface area contributed by atoms with Crippen molar-refractivity contribution in [2.75, 3.05) is 23.5 Å². The summed E-state index contributed by atoms with van der Waals surface area (Å²) in [6.07, 6.45) is 7.01. The van der Waals surface area contributed by atoms with Crippen molar-refractivity contribution in [3.8, 4) is 0 Å². The molecule has 0 spiro atoms. The molecule has 1 aliphatic heterocycles. The molecule has 0 aliphatic carbocycles. The summed E-state index contributed by atoms with van der Waals surface area (Å²) in [6, 6.07) is 3.28. The minimum atomic E-state index is -2.96. The number of thioether (sulfide) groups is 1. The number of nitrogens with one attached hydrogen (secondary N) is 1. The van der Waals surface area contributed by atoms with Gasteiger partial charge in [0.05, 0.1) is 11.5 Å². The number of hydrogen-bond acceptors (Lipinski definition) is 4. The molecular weight excluding hydrogens is 296 g/mol. The molecule has 112 valence electrons. The second kappa shape index (κ2) is 6.67. The van der Waals surface area contributed by atoms with E-state index in [1.807, 2.05) is 35.3 Å². The largest absolute Gasteiger partial charge is 0.351 e. The van der Waals surface area contributed by atoms with Gasteiger partial charge in [-0.05, 0) is 37.0 Å². The Kier molecular flexibility index (Phi) is 5.15. The maximum Gasteiger partial charge on any atom is 0.243 e. The van der Waals surface area contributed by atoms with Crippen molar-refractivity contribution in [3.63, 3.8) is 0 Å². The van der Waals surface area contributed by atoms with Crippen molar-refractivity contribution in [2.45, 2.75) is 24.9 Å². The Morgan fingerprint density at radius 2 is 2.15 bits per heavy atom. The third-order valence-electron chi connectivity index (χ3n) is 3.46. The lowest BCUT2D eigenvalue weighted by Gasteiger charge is -2.20. The number of nitrogens with zero attached hydrogens (tertiary/aromatic N) is 1. The van der Waals surface area contributed by atoms with Gasteiger partial charge in [0.25, 0.3) is 0 Å². The summed E-state index contributed by atoms with van der Waals surface area (Å²) < 4.78 is 24.8. The fraction of sp³-hybridized carbons (Fsp3) is 0.615. The van der Waals surface area contributed by atoms with E-state index in [-0.39, 0.29) is 29.5 Å². The Morgan fingerprint density at radius 1 is 1.45 bits per heavy atom. The van der Waals surface area contributed by atoms with E-state index < -0.39 is 9.84 Å². The van der Waals surface area contributed by atoms with E-state index in [0.29, 0.717) is 6.42 Å². The fourth-order valence-electron chi connectivity index (χ4n) is 2.41. The number of amides is 1. The van der Waals surface area contributed by atoms with Crippen LogP contribution in [0.4, 0.5) is 0 Å². The number of aromatic nitrogens is 1. The zero-order valence-electron chi connectivity index (χ0n) is 11.5. The van der Waals surface area contributed by atoms with Crippen LogP contribution in [0.3, 0.4) is 0 Å². The highest BCUT2D eigenvalue weighted by molar-refractivity contribution is 7.98. The van der Waals surface area contributed by atoms with Crippen LogP contribution in [0.15, 0.2) is 24.5 Å². The molecular formula is C13H20N2O3S2. The summed E-state index contributed by atoms with van der Waals surface area (Å²) in [4.78, 5) is 12.4. The Balaban J connectivity index is 2.00. The molecule has 0 aromatic carbocycles. The summed E-state index contributed by atoms with van der Waals surface area (Å²) in [5, 5.41) is 2.88. The molecule has 1 saturated heterocycles. The number of carbonyl (C=O) groups excluding carboxylic acids is 1. The van der Waals surface area contributed by atoms with Gasteiger partial charge in [0.1, 0.15) is 6.04 Å². The van der Waals surface area contributed by atoms with Gasteiger partial charge in [-0.3, -0.25) is 4.79 Å². The SMILES string of the molecule is CSCC[C@H](C(=O)N[C@H]1CCS(=O)(=O)C1)n1cccc1. The first-order chi connectivity index (χ1) is 9.52. The van der Waals surface area contributed by atoms with Crippen LogP contribution in [0.1, 0.15) is 18.9 Å². The van der Waals surface area contributed by atoms with Crippen molar-refractivity contribution in [1.29, 1.82) is 0 Å². The molecule has 1 N–H and O–H groups in total. The molecule has 20 heavy (non-hydrogen) atoms. The van der Waals surface area contributed by atoms with Gasteiger partial charge in [-0.1, -0.05) is 0 Å². The Morgan fingerprint density at radius 3 is 2.70 bits per heavy atom. The van der Waals surface area contributed by atoms with Crippen LogP contribution in [-0.4, -0.2) is 48.4 Å². The fourth-order valence-corrected chi connectivity index (χ4v) is 4.54. The molecule has 1 aliphatic rings. The lowest BCUT2D eigenvalue weighted by Crippen LogP contribution is -2.40. The number of sulfone groups is 1. The van der Waals surface area contributed by atoms with Gasteiger partial charge in [-0.15, -0.1) is 0 Å². The van der Waals surface area contributed by atoms with E-state index in [4.69, 9.17) is 0 Å². The molecule has 0 saturated carbocycles. The van der Waals surface area contributed by atoms with Crippen molar-refractivity contribution in [2.24, 2.45) is 0 Å². The molecule has 0 unspecified atom stereocenters. The predicted octanol–water partition coefficient (Wildman–Crippen LogP) is 1.09. The molecule has 2 atom stereocenters. The highest BCUT2D eigenvalue weighted by atomic mass is 32.2. The van der Waals surface area contributed by atoms with E-state index >= 15 is 0 Å². The average molecular weight is 316 g/mol. The van der Waals surface area contributed by atoms with Crippen molar-refractivity contribution in [3.05, 3.63) is 24.5 Å². The van der Waals surface area contributed by atoms with Gasteiger partial charge in [0, 0.05) is 18.4 Å². The first-order valence-corrected chi connectivity index (χ1v) is 9.85. The topological polar surface area (TPSA) is 68.2 Å². The highest BCUT2D eigenvalue weighted by Crippen LogP contribution is 2.17. The molecule has 5 nitrogen and oxygen atoms in total. The second-order valence-electron chi connectivity index (χ2n) is 5.04. The average Bonchev–Trinajstić information content (AvgIpc) is 3.00. The van der Waals surface area contributed by atoms with Gasteiger partial charge in [-0.2, -0.15) is 11.8 Å². The monoisotopic (exact) mass is 316 g/mol. The van der Waals surface area contributed by atoms with E-state index in [2.05, 4.69) is 5.32 Å².